The summed E-state index contributed by atoms with van der Waals surface area (Å²) >= 11 is 0. The quantitative estimate of drug-likeness (QED) is 0.800. The normalized spacial score (nSPS) is 10.6. The van der Waals surface area contributed by atoms with E-state index in [4.69, 9.17) is 15.0 Å². The predicted octanol–water partition coefficient (Wildman–Crippen LogP) is 3.13. The molecule has 0 atom stereocenters. The van der Waals surface area contributed by atoms with Crippen molar-refractivity contribution in [2.45, 2.75) is 0 Å². The SMILES string of the molecule is COc1cccc(-c2c(-c3ccncc3F)noc2N)c1. The van der Waals surface area contributed by atoms with E-state index in [0.717, 1.165) is 11.8 Å². The molecule has 0 aliphatic heterocycles. The van der Waals surface area contributed by atoms with Gasteiger partial charge in [0.15, 0.2) is 5.82 Å². The number of methoxy groups -OCH3 is 1. The first-order chi connectivity index (χ1) is 10.2. The van der Waals surface area contributed by atoms with Crippen molar-refractivity contribution in [3.05, 3.63) is 48.5 Å². The topological polar surface area (TPSA) is 74.2 Å². The van der Waals surface area contributed by atoms with Crippen LogP contribution in [-0.4, -0.2) is 17.3 Å². The van der Waals surface area contributed by atoms with Gasteiger partial charge in [0, 0.05) is 11.8 Å². The molecule has 0 saturated carbocycles. The number of aromatic nitrogens is 2. The molecule has 2 N–H and O–H groups in total. The molecule has 0 spiro atoms. The van der Waals surface area contributed by atoms with Crippen LogP contribution in [0, 0.1) is 5.82 Å². The van der Waals surface area contributed by atoms with Crippen LogP contribution in [0.2, 0.25) is 0 Å². The van der Waals surface area contributed by atoms with Crippen molar-refractivity contribution in [2.75, 3.05) is 12.8 Å². The summed E-state index contributed by atoms with van der Waals surface area (Å²) in [5.74, 6) is 0.290. The van der Waals surface area contributed by atoms with E-state index in [2.05, 4.69) is 10.1 Å². The lowest BCUT2D eigenvalue weighted by Gasteiger charge is -2.05. The molecule has 0 aliphatic carbocycles. The van der Waals surface area contributed by atoms with Gasteiger partial charge in [-0.15, -0.1) is 0 Å². The van der Waals surface area contributed by atoms with Gasteiger partial charge in [-0.05, 0) is 23.8 Å². The number of benzene rings is 1. The van der Waals surface area contributed by atoms with Gasteiger partial charge in [-0.3, -0.25) is 4.98 Å². The molecule has 0 unspecified atom stereocenters. The lowest BCUT2D eigenvalue weighted by molar-refractivity contribution is 0.415. The molecule has 3 aromatic rings. The van der Waals surface area contributed by atoms with E-state index in [9.17, 15) is 4.39 Å². The molecular weight excluding hydrogens is 273 g/mol. The fraction of sp³-hybridized carbons (Fsp3) is 0.0667. The third kappa shape index (κ3) is 2.31. The lowest BCUT2D eigenvalue weighted by atomic mass is 10.0. The van der Waals surface area contributed by atoms with Gasteiger partial charge in [-0.25, -0.2) is 4.39 Å². The van der Waals surface area contributed by atoms with Gasteiger partial charge in [-0.2, -0.15) is 0 Å². The van der Waals surface area contributed by atoms with Crippen LogP contribution in [-0.2, 0) is 0 Å². The fourth-order valence-electron chi connectivity index (χ4n) is 2.11. The van der Waals surface area contributed by atoms with Gasteiger partial charge in [0.25, 0.3) is 0 Å². The number of hydrogen-bond acceptors (Lipinski definition) is 5. The van der Waals surface area contributed by atoms with Gasteiger partial charge in [-0.1, -0.05) is 17.3 Å². The molecule has 1 aromatic carbocycles. The third-order valence-electron chi connectivity index (χ3n) is 3.10. The molecule has 5 nitrogen and oxygen atoms in total. The second kappa shape index (κ2) is 5.24. The zero-order chi connectivity index (χ0) is 14.8. The third-order valence-corrected chi connectivity index (χ3v) is 3.10. The Morgan fingerprint density at radius 3 is 2.90 bits per heavy atom. The van der Waals surface area contributed by atoms with Gasteiger partial charge >= 0.3 is 0 Å². The van der Waals surface area contributed by atoms with Crippen LogP contribution < -0.4 is 10.5 Å². The van der Waals surface area contributed by atoms with Crippen LogP contribution >= 0.6 is 0 Å². The number of nitrogens with two attached hydrogens (primary N) is 1. The molecule has 0 radical (unpaired) electrons. The van der Waals surface area contributed by atoms with Gasteiger partial charge < -0.3 is 15.0 Å². The van der Waals surface area contributed by atoms with E-state index in [1.165, 1.54) is 12.3 Å². The number of rotatable bonds is 3. The van der Waals surface area contributed by atoms with Crippen LogP contribution in [0.4, 0.5) is 10.3 Å². The van der Waals surface area contributed by atoms with Crippen molar-refractivity contribution in [1.29, 1.82) is 0 Å². The summed E-state index contributed by atoms with van der Waals surface area (Å²) in [6, 6.07) is 8.75. The maximum atomic E-state index is 13.9. The largest absolute Gasteiger partial charge is 0.497 e. The Balaban J connectivity index is 2.20. The van der Waals surface area contributed by atoms with Gasteiger partial charge in [0.05, 0.1) is 18.9 Å². The highest BCUT2D eigenvalue weighted by atomic mass is 19.1. The average Bonchev–Trinajstić information content (AvgIpc) is 2.89. The van der Waals surface area contributed by atoms with E-state index >= 15 is 0 Å². The molecule has 0 amide bonds. The summed E-state index contributed by atoms with van der Waals surface area (Å²) in [4.78, 5) is 3.72. The Bertz CT molecular complexity index is 786. The minimum atomic E-state index is -0.491. The molecule has 21 heavy (non-hydrogen) atoms. The number of nitrogen functional groups attached to an aromatic ring is 1. The van der Waals surface area contributed by atoms with E-state index < -0.39 is 5.82 Å². The molecule has 0 fully saturated rings. The number of anilines is 1. The van der Waals surface area contributed by atoms with E-state index in [1.807, 2.05) is 12.1 Å². The Kier molecular flexibility index (Phi) is 3.27. The molecule has 0 saturated heterocycles. The summed E-state index contributed by atoms with van der Waals surface area (Å²) in [5, 5.41) is 3.87. The molecule has 2 aromatic heterocycles. The highest BCUT2D eigenvalue weighted by molar-refractivity contribution is 5.87. The molecule has 2 heterocycles. The fourth-order valence-corrected chi connectivity index (χ4v) is 2.11. The summed E-state index contributed by atoms with van der Waals surface area (Å²) in [7, 11) is 1.57. The predicted molar refractivity (Wildman–Crippen MR) is 76.1 cm³/mol. The standard InChI is InChI=1S/C15H12FN3O2/c1-20-10-4-2-3-9(7-10)13-14(19-21-15(13)17)11-5-6-18-8-12(11)16/h2-8H,17H2,1H3. The maximum absolute atomic E-state index is 13.9. The number of hydrogen-bond donors (Lipinski definition) is 1. The number of halogens is 1. The summed E-state index contributed by atoms with van der Waals surface area (Å²) < 4.78 is 24.1. The van der Waals surface area contributed by atoms with Crippen LogP contribution in [0.1, 0.15) is 0 Å². The zero-order valence-electron chi connectivity index (χ0n) is 11.2. The Labute approximate surface area is 120 Å². The van der Waals surface area contributed by atoms with Crippen LogP contribution in [0.15, 0.2) is 47.2 Å². The van der Waals surface area contributed by atoms with Crippen molar-refractivity contribution in [3.63, 3.8) is 0 Å². The van der Waals surface area contributed by atoms with E-state index in [1.54, 1.807) is 19.2 Å². The Hall–Kier alpha value is -2.89. The molecular formula is C15H12FN3O2. The Morgan fingerprint density at radius 2 is 2.14 bits per heavy atom. The van der Waals surface area contributed by atoms with Crippen molar-refractivity contribution in [2.24, 2.45) is 0 Å². The maximum Gasteiger partial charge on any atom is 0.230 e. The first-order valence-electron chi connectivity index (χ1n) is 6.20. The van der Waals surface area contributed by atoms with E-state index in [0.29, 0.717) is 17.0 Å². The number of ether oxygens (including phenoxy) is 1. The molecule has 6 heteroatoms. The monoisotopic (exact) mass is 285 g/mol. The Morgan fingerprint density at radius 1 is 1.29 bits per heavy atom. The first-order valence-corrected chi connectivity index (χ1v) is 6.20. The van der Waals surface area contributed by atoms with Crippen molar-refractivity contribution in [1.82, 2.24) is 10.1 Å². The molecule has 3 rings (SSSR count). The summed E-state index contributed by atoms with van der Waals surface area (Å²) in [6.45, 7) is 0. The van der Waals surface area contributed by atoms with Gasteiger partial charge in [0.2, 0.25) is 5.88 Å². The smallest absolute Gasteiger partial charge is 0.230 e. The number of nitrogens with zero attached hydrogens (tertiary/aromatic N) is 2. The molecule has 106 valence electrons. The van der Waals surface area contributed by atoms with Crippen molar-refractivity contribution < 1.29 is 13.7 Å². The van der Waals surface area contributed by atoms with Crippen LogP contribution in [0.3, 0.4) is 0 Å². The first kappa shape index (κ1) is 13.1. The van der Waals surface area contributed by atoms with Gasteiger partial charge in [0.1, 0.15) is 11.4 Å². The summed E-state index contributed by atoms with van der Waals surface area (Å²) in [5.41, 5.74) is 7.72. The highest BCUT2D eigenvalue weighted by Gasteiger charge is 2.20. The lowest BCUT2D eigenvalue weighted by Crippen LogP contribution is -1.91. The highest BCUT2D eigenvalue weighted by Crippen LogP contribution is 2.37. The average molecular weight is 285 g/mol. The minimum absolute atomic E-state index is 0.120. The van der Waals surface area contributed by atoms with Crippen LogP contribution in [0.5, 0.6) is 5.75 Å². The minimum Gasteiger partial charge on any atom is -0.497 e. The molecule has 0 aliphatic rings. The van der Waals surface area contributed by atoms with E-state index in [-0.39, 0.29) is 11.4 Å². The second-order valence-electron chi connectivity index (χ2n) is 4.36. The van der Waals surface area contributed by atoms with Crippen molar-refractivity contribution in [3.8, 4) is 28.1 Å². The second-order valence-corrected chi connectivity index (χ2v) is 4.36. The van der Waals surface area contributed by atoms with Crippen molar-refractivity contribution >= 4 is 5.88 Å². The number of pyridine rings is 1. The van der Waals surface area contributed by atoms with Crippen LogP contribution in [0.25, 0.3) is 22.4 Å². The molecule has 0 bridgehead atoms. The zero-order valence-corrected chi connectivity index (χ0v) is 11.2. The summed E-state index contributed by atoms with van der Waals surface area (Å²) in [6.07, 6.45) is 2.61.